The minimum absolute atomic E-state index is 0.756. The number of hydrogen-bond donors (Lipinski definition) is 1. The molecule has 6 heteroatoms. The topological polar surface area (TPSA) is 70.1 Å². The number of hydrogen-bond acceptors (Lipinski definition) is 5. The molecule has 6 nitrogen and oxygen atoms in total. The van der Waals surface area contributed by atoms with E-state index < -0.39 is 0 Å². The van der Waals surface area contributed by atoms with Gasteiger partial charge >= 0.3 is 0 Å². The maximum absolute atomic E-state index is 4.96. The maximum atomic E-state index is 4.96. The van der Waals surface area contributed by atoms with Crippen molar-refractivity contribution in [2.24, 2.45) is 4.99 Å². The van der Waals surface area contributed by atoms with Crippen LogP contribution in [-0.4, -0.2) is 31.3 Å². The minimum atomic E-state index is 0.756. The average Bonchev–Trinajstić information content (AvgIpc) is 3.29. The van der Waals surface area contributed by atoms with Gasteiger partial charge in [0.1, 0.15) is 0 Å². The van der Waals surface area contributed by atoms with E-state index in [0.29, 0.717) is 0 Å². The van der Waals surface area contributed by atoms with Crippen LogP contribution in [0.15, 0.2) is 108 Å². The summed E-state index contributed by atoms with van der Waals surface area (Å²) in [5.41, 5.74) is 7.33. The molecule has 0 bridgehead atoms. The van der Waals surface area contributed by atoms with Crippen LogP contribution in [0.25, 0.3) is 35.3 Å². The molecule has 0 saturated carbocycles. The van der Waals surface area contributed by atoms with Crippen LogP contribution in [0.2, 0.25) is 0 Å². The Morgan fingerprint density at radius 2 is 1.86 bits per heavy atom. The molecule has 1 N–H and O–H groups in total. The van der Waals surface area contributed by atoms with E-state index >= 15 is 0 Å². The predicted molar refractivity (Wildman–Crippen MR) is 150 cm³/mol. The largest absolute Gasteiger partial charge is 0.348 e. The van der Waals surface area contributed by atoms with Crippen molar-refractivity contribution in [3.8, 4) is 22.6 Å². The maximum Gasteiger partial charge on any atom is 0.0928 e. The highest BCUT2D eigenvalue weighted by molar-refractivity contribution is 5.77. The summed E-state index contributed by atoms with van der Waals surface area (Å²) in [5.74, 6) is 0. The van der Waals surface area contributed by atoms with Crippen LogP contribution in [0.4, 0.5) is 0 Å². The number of aliphatic imine (C=N–C) groups is 1. The SMILES string of the molecule is C=c1ccc(-c2cn[nH]c2-c2cccc(C)n2)n/c1=C/C(=C\C)C1=CN(Cc2ccccc2)C=CC=N1. The first-order valence-corrected chi connectivity index (χ1v) is 12.2. The van der Waals surface area contributed by atoms with Gasteiger partial charge in [0.05, 0.1) is 34.3 Å². The van der Waals surface area contributed by atoms with E-state index in [1.54, 1.807) is 6.20 Å². The molecule has 1 aliphatic rings. The molecule has 4 aromatic rings. The molecule has 37 heavy (non-hydrogen) atoms. The number of aromatic nitrogens is 4. The van der Waals surface area contributed by atoms with Gasteiger partial charge in [0.15, 0.2) is 0 Å². The van der Waals surface area contributed by atoms with E-state index in [2.05, 4.69) is 62.1 Å². The van der Waals surface area contributed by atoms with Crippen molar-refractivity contribution in [3.05, 3.63) is 125 Å². The third-order valence-electron chi connectivity index (χ3n) is 6.04. The fraction of sp³-hybridized carbons (Fsp3) is 0.0968. The minimum Gasteiger partial charge on any atom is -0.348 e. The van der Waals surface area contributed by atoms with Gasteiger partial charge in [-0.15, -0.1) is 0 Å². The van der Waals surface area contributed by atoms with Crippen LogP contribution in [0.3, 0.4) is 0 Å². The molecule has 0 atom stereocenters. The molecule has 182 valence electrons. The standard InChI is InChI=1S/C31H28N6/c1-4-25(30-21-37(17-9-16-32-30)20-24-11-6-5-7-12-24)18-29-22(2)14-15-27(35-29)26-19-33-36-31(26)28-13-8-10-23(3)34-28/h4-19,21H,2,20H2,1,3H3,(H,33,36)/b25-4+,29-18+. The lowest BCUT2D eigenvalue weighted by Crippen LogP contribution is -2.27. The van der Waals surface area contributed by atoms with Gasteiger partial charge in [-0.1, -0.05) is 55.1 Å². The Labute approximate surface area is 216 Å². The zero-order valence-electron chi connectivity index (χ0n) is 21.0. The van der Waals surface area contributed by atoms with Crippen molar-refractivity contribution in [2.45, 2.75) is 20.4 Å². The summed E-state index contributed by atoms with van der Waals surface area (Å²) in [4.78, 5) is 16.4. The van der Waals surface area contributed by atoms with Gasteiger partial charge in [0.25, 0.3) is 0 Å². The predicted octanol–water partition coefficient (Wildman–Crippen LogP) is 4.92. The van der Waals surface area contributed by atoms with Crippen molar-refractivity contribution in [1.82, 2.24) is 25.1 Å². The van der Waals surface area contributed by atoms with Gasteiger partial charge in [-0.25, -0.2) is 4.98 Å². The lowest BCUT2D eigenvalue weighted by molar-refractivity contribution is 0.499. The van der Waals surface area contributed by atoms with E-state index in [1.165, 1.54) is 5.56 Å². The number of aromatic amines is 1. The number of benzene rings is 1. The molecule has 3 aromatic heterocycles. The first kappa shape index (κ1) is 23.9. The number of allylic oxidation sites excluding steroid dienone is 3. The number of nitrogens with zero attached hydrogens (tertiary/aromatic N) is 5. The second-order valence-corrected chi connectivity index (χ2v) is 8.74. The molecule has 4 heterocycles. The lowest BCUT2D eigenvalue weighted by Gasteiger charge is -2.16. The quantitative estimate of drug-likeness (QED) is 0.422. The van der Waals surface area contributed by atoms with Crippen molar-refractivity contribution >= 4 is 18.9 Å². The summed E-state index contributed by atoms with van der Waals surface area (Å²) in [7, 11) is 0. The molecule has 1 aromatic carbocycles. The molecule has 0 fully saturated rings. The molecule has 0 radical (unpaired) electrons. The van der Waals surface area contributed by atoms with E-state index in [0.717, 1.165) is 56.7 Å². The first-order valence-electron chi connectivity index (χ1n) is 12.2. The van der Waals surface area contributed by atoms with Gasteiger partial charge in [-0.05, 0) is 60.6 Å². The second kappa shape index (κ2) is 10.8. The van der Waals surface area contributed by atoms with E-state index in [1.807, 2.05) is 80.9 Å². The zero-order chi connectivity index (χ0) is 25.6. The van der Waals surface area contributed by atoms with Crippen LogP contribution in [0.5, 0.6) is 0 Å². The Kier molecular flexibility index (Phi) is 6.99. The normalized spacial score (nSPS) is 14.1. The molecular weight excluding hydrogens is 456 g/mol. The summed E-state index contributed by atoms with van der Waals surface area (Å²) in [5, 5.41) is 8.97. The third-order valence-corrected chi connectivity index (χ3v) is 6.04. The van der Waals surface area contributed by atoms with E-state index in [-0.39, 0.29) is 0 Å². The molecule has 0 saturated heterocycles. The molecule has 0 aliphatic carbocycles. The number of nitrogens with one attached hydrogen (secondary N) is 1. The fourth-order valence-corrected chi connectivity index (χ4v) is 4.14. The molecule has 0 spiro atoms. The number of aryl methyl sites for hydroxylation is 1. The highest BCUT2D eigenvalue weighted by Gasteiger charge is 2.13. The van der Waals surface area contributed by atoms with Gasteiger partial charge < -0.3 is 4.90 Å². The van der Waals surface area contributed by atoms with Crippen LogP contribution in [0, 0.1) is 6.92 Å². The Balaban J connectivity index is 1.50. The van der Waals surface area contributed by atoms with Crippen LogP contribution >= 0.6 is 0 Å². The highest BCUT2D eigenvalue weighted by Crippen LogP contribution is 2.27. The Hall–Kier alpha value is -4.84. The Bertz CT molecular complexity index is 1640. The summed E-state index contributed by atoms with van der Waals surface area (Å²) in [6.45, 7) is 8.96. The van der Waals surface area contributed by atoms with E-state index in [9.17, 15) is 0 Å². The van der Waals surface area contributed by atoms with Gasteiger partial charge in [-0.3, -0.25) is 15.1 Å². The smallest absolute Gasteiger partial charge is 0.0928 e. The van der Waals surface area contributed by atoms with Crippen molar-refractivity contribution < 1.29 is 0 Å². The number of pyridine rings is 2. The third kappa shape index (κ3) is 5.54. The van der Waals surface area contributed by atoms with Crippen LogP contribution < -0.4 is 10.6 Å². The average molecular weight is 485 g/mol. The lowest BCUT2D eigenvalue weighted by atomic mass is 10.1. The molecule has 1 aliphatic heterocycles. The summed E-state index contributed by atoms with van der Waals surface area (Å²) in [6.07, 6.45) is 13.7. The summed E-state index contributed by atoms with van der Waals surface area (Å²) < 4.78 is 0. The molecular formula is C31H28N6. The Morgan fingerprint density at radius 1 is 1.00 bits per heavy atom. The van der Waals surface area contributed by atoms with Gasteiger partial charge in [-0.2, -0.15) is 5.10 Å². The Morgan fingerprint density at radius 3 is 2.68 bits per heavy atom. The molecule has 0 unspecified atom stereocenters. The van der Waals surface area contributed by atoms with E-state index in [4.69, 9.17) is 4.98 Å². The highest BCUT2D eigenvalue weighted by atomic mass is 15.1. The summed E-state index contributed by atoms with van der Waals surface area (Å²) >= 11 is 0. The van der Waals surface area contributed by atoms with Crippen LogP contribution in [0.1, 0.15) is 18.2 Å². The van der Waals surface area contributed by atoms with Crippen molar-refractivity contribution in [1.29, 1.82) is 0 Å². The summed E-state index contributed by atoms with van der Waals surface area (Å²) in [6, 6.07) is 20.3. The first-order chi connectivity index (χ1) is 18.1. The van der Waals surface area contributed by atoms with Crippen molar-refractivity contribution in [3.63, 3.8) is 0 Å². The fourth-order valence-electron chi connectivity index (χ4n) is 4.14. The van der Waals surface area contributed by atoms with Crippen LogP contribution in [-0.2, 0) is 6.54 Å². The monoisotopic (exact) mass is 484 g/mol. The van der Waals surface area contributed by atoms with Gasteiger partial charge in [0.2, 0.25) is 0 Å². The molecule has 5 rings (SSSR count). The second-order valence-electron chi connectivity index (χ2n) is 8.74. The molecule has 0 amide bonds. The number of H-pyrrole nitrogens is 1. The van der Waals surface area contributed by atoms with Crippen molar-refractivity contribution in [2.75, 3.05) is 0 Å². The number of rotatable bonds is 6. The zero-order valence-corrected chi connectivity index (χ0v) is 21.0. The van der Waals surface area contributed by atoms with Gasteiger partial charge in [0, 0.05) is 36.4 Å².